The fourth-order valence-electron chi connectivity index (χ4n) is 4.59. The molecule has 0 saturated heterocycles. The molecule has 45 heavy (non-hydrogen) atoms. The van der Waals surface area contributed by atoms with Crippen molar-refractivity contribution in [2.45, 2.75) is 46.7 Å². The normalized spacial score (nSPS) is 11.1. The van der Waals surface area contributed by atoms with Crippen LogP contribution in [0.4, 0.5) is 34.6 Å². The number of aromatic amines is 1. The van der Waals surface area contributed by atoms with Crippen molar-refractivity contribution in [3.63, 3.8) is 0 Å². The zero-order valence-corrected chi connectivity index (χ0v) is 24.1. The molecule has 0 aliphatic heterocycles. The van der Waals surface area contributed by atoms with Crippen molar-refractivity contribution >= 4 is 49.8 Å². The predicted octanol–water partition coefficient (Wildman–Crippen LogP) is 6.49. The number of hydrogen-bond acceptors (Lipinski definition) is 8. The van der Waals surface area contributed by atoms with Gasteiger partial charge in [-0.15, -0.1) is 0 Å². The number of hydrogen-bond donors (Lipinski definition) is 2. The maximum Gasteiger partial charge on any atom is 0.271 e. The molecular weight excluding hydrogens is 602 g/mol. The minimum absolute atomic E-state index is 0.0685. The lowest BCUT2D eigenvalue weighted by Gasteiger charge is -2.02. The van der Waals surface area contributed by atoms with Crippen molar-refractivity contribution < 1.29 is 27.4 Å². The maximum absolute atomic E-state index is 12.3. The van der Waals surface area contributed by atoms with Crippen LogP contribution < -0.4 is 5.73 Å². The average Bonchev–Trinajstić information content (AvgIpc) is 3.60. The fraction of sp³-hybridized carbons (Fsp3) is 0.250. The Bertz CT molecular complexity index is 2000. The zero-order chi connectivity index (χ0) is 33.0. The summed E-state index contributed by atoms with van der Waals surface area (Å²) in [5.74, 6) is 0. The molecule has 6 aromatic rings. The number of nitrogens with one attached hydrogen (secondary N) is 1. The number of anilines is 1. The summed E-state index contributed by atoms with van der Waals surface area (Å²) in [5, 5.41) is 38.2. The lowest BCUT2D eigenvalue weighted by atomic mass is 10.2. The summed E-state index contributed by atoms with van der Waals surface area (Å²) in [5.41, 5.74) is 9.99. The first kappa shape index (κ1) is 32.3. The van der Waals surface area contributed by atoms with E-state index in [1.54, 1.807) is 38.1 Å². The van der Waals surface area contributed by atoms with Crippen LogP contribution in [0.2, 0.25) is 0 Å². The van der Waals surface area contributed by atoms with E-state index in [4.69, 9.17) is 5.73 Å². The summed E-state index contributed by atoms with van der Waals surface area (Å²) in [6.45, 7) is 4.39. The van der Waals surface area contributed by atoms with Gasteiger partial charge in [0.25, 0.3) is 24.2 Å². The van der Waals surface area contributed by atoms with Crippen LogP contribution in [-0.4, -0.2) is 52.5 Å². The van der Waals surface area contributed by atoms with E-state index in [9.17, 15) is 37.8 Å². The minimum atomic E-state index is -2.54. The third kappa shape index (κ3) is 7.49. The monoisotopic (exact) mass is 629 g/mol. The molecule has 0 aliphatic carbocycles. The molecule has 0 aliphatic rings. The molecule has 0 unspecified atom stereocenters. The number of nitro groups is 2. The van der Waals surface area contributed by atoms with Crippen LogP contribution in [0.15, 0.2) is 54.6 Å². The molecular formula is C28H27F4N9O4. The molecule has 3 aromatic carbocycles. The minimum Gasteiger partial charge on any atom is -0.399 e. The Morgan fingerprint density at radius 1 is 0.756 bits per heavy atom. The SMILES string of the molecule is Cc1[nH]nc2cc([N+](=O)[O-])ccc12.Cc1nn(CC(F)F)c2cc(N)ccc12.Cc1nn(CC(F)F)c2cc([N+](=O)[O-])ccc12. The highest BCUT2D eigenvalue weighted by Crippen LogP contribution is 2.25. The smallest absolute Gasteiger partial charge is 0.271 e. The van der Waals surface area contributed by atoms with Gasteiger partial charge in [-0.25, -0.2) is 17.6 Å². The van der Waals surface area contributed by atoms with Gasteiger partial charge in [-0.2, -0.15) is 15.3 Å². The first-order valence-corrected chi connectivity index (χ1v) is 13.2. The van der Waals surface area contributed by atoms with Crippen LogP contribution in [0.3, 0.4) is 0 Å². The number of nitrogens with two attached hydrogens (primary N) is 1. The number of halogens is 4. The van der Waals surface area contributed by atoms with Gasteiger partial charge in [-0.1, -0.05) is 0 Å². The van der Waals surface area contributed by atoms with E-state index < -0.39 is 35.8 Å². The van der Waals surface area contributed by atoms with Crippen LogP contribution in [0.5, 0.6) is 0 Å². The molecule has 0 saturated carbocycles. The van der Waals surface area contributed by atoms with Gasteiger partial charge in [0.15, 0.2) is 0 Å². The maximum atomic E-state index is 12.3. The number of H-pyrrole nitrogens is 1. The van der Waals surface area contributed by atoms with Crippen molar-refractivity contribution in [3.05, 3.63) is 91.9 Å². The number of nitro benzene ring substituents is 2. The number of non-ortho nitro benzene ring substituents is 2. The topological polar surface area (TPSA) is 177 Å². The lowest BCUT2D eigenvalue weighted by molar-refractivity contribution is -0.384. The van der Waals surface area contributed by atoms with Crippen molar-refractivity contribution in [1.82, 2.24) is 29.8 Å². The number of nitrogens with zero attached hydrogens (tertiary/aromatic N) is 7. The summed E-state index contributed by atoms with van der Waals surface area (Å²) in [4.78, 5) is 20.0. The Hall–Kier alpha value is -5.61. The van der Waals surface area contributed by atoms with Crippen LogP contribution in [0, 0.1) is 41.0 Å². The summed E-state index contributed by atoms with van der Waals surface area (Å²) in [6, 6.07) is 14.0. The molecule has 0 amide bonds. The molecule has 3 N–H and O–H groups in total. The molecule has 236 valence electrons. The van der Waals surface area contributed by atoms with E-state index in [2.05, 4.69) is 20.4 Å². The highest BCUT2D eigenvalue weighted by Gasteiger charge is 2.15. The second-order valence-corrected chi connectivity index (χ2v) is 9.86. The van der Waals surface area contributed by atoms with E-state index >= 15 is 0 Å². The van der Waals surface area contributed by atoms with Gasteiger partial charge in [0.1, 0.15) is 13.1 Å². The first-order chi connectivity index (χ1) is 21.2. The van der Waals surface area contributed by atoms with Crippen LogP contribution >= 0.6 is 0 Å². The lowest BCUT2D eigenvalue weighted by Crippen LogP contribution is -2.08. The Labute approximate surface area is 251 Å². The van der Waals surface area contributed by atoms with E-state index in [0.717, 1.165) is 26.8 Å². The molecule has 0 bridgehead atoms. The molecule has 0 fully saturated rings. The van der Waals surface area contributed by atoms with Gasteiger partial charge in [-0.3, -0.25) is 34.7 Å². The van der Waals surface area contributed by atoms with Gasteiger partial charge < -0.3 is 5.73 Å². The molecule has 13 nitrogen and oxygen atoms in total. The Kier molecular flexibility index (Phi) is 9.59. The number of alkyl halides is 4. The van der Waals surface area contributed by atoms with Crippen LogP contribution in [0.25, 0.3) is 32.7 Å². The van der Waals surface area contributed by atoms with E-state index in [1.165, 1.54) is 35.0 Å². The van der Waals surface area contributed by atoms with Gasteiger partial charge in [-0.05, 0) is 51.1 Å². The number of fused-ring (bicyclic) bond motifs is 3. The number of aryl methyl sites for hydroxylation is 3. The molecule has 0 atom stereocenters. The molecule has 0 radical (unpaired) electrons. The predicted molar refractivity (Wildman–Crippen MR) is 159 cm³/mol. The highest BCUT2D eigenvalue weighted by atomic mass is 19.3. The average molecular weight is 630 g/mol. The van der Waals surface area contributed by atoms with Gasteiger partial charge in [0.05, 0.1) is 37.8 Å². The Morgan fingerprint density at radius 2 is 1.22 bits per heavy atom. The van der Waals surface area contributed by atoms with E-state index in [-0.39, 0.29) is 11.4 Å². The molecule has 0 spiro atoms. The van der Waals surface area contributed by atoms with Gasteiger partial charge in [0.2, 0.25) is 0 Å². The third-order valence-corrected chi connectivity index (χ3v) is 6.65. The summed E-state index contributed by atoms with van der Waals surface area (Å²) >= 11 is 0. The molecule has 6 rings (SSSR count). The van der Waals surface area contributed by atoms with Crippen molar-refractivity contribution in [1.29, 1.82) is 0 Å². The van der Waals surface area contributed by atoms with Gasteiger partial charge in [0, 0.05) is 51.8 Å². The quantitative estimate of drug-likeness (QED) is 0.0909. The Balaban J connectivity index is 0.000000155. The summed E-state index contributed by atoms with van der Waals surface area (Å²) in [6.07, 6.45) is -4.95. The zero-order valence-electron chi connectivity index (χ0n) is 24.1. The fourth-order valence-corrected chi connectivity index (χ4v) is 4.59. The summed E-state index contributed by atoms with van der Waals surface area (Å²) < 4.78 is 51.6. The van der Waals surface area contributed by atoms with Crippen molar-refractivity contribution in [2.24, 2.45) is 0 Å². The van der Waals surface area contributed by atoms with Gasteiger partial charge >= 0.3 is 0 Å². The Morgan fingerprint density at radius 3 is 1.73 bits per heavy atom. The first-order valence-electron chi connectivity index (χ1n) is 13.2. The molecule has 17 heteroatoms. The number of rotatable bonds is 6. The second kappa shape index (κ2) is 13.4. The van der Waals surface area contributed by atoms with Crippen LogP contribution in [-0.2, 0) is 13.1 Å². The largest absolute Gasteiger partial charge is 0.399 e. The standard InChI is InChI=1S/C10H9F2N3O2.C10H11F2N3.C8H7N3O2/c1-6-8-3-2-7(15(16)17)4-9(8)14(13-6)5-10(11)12;1-6-8-3-2-7(13)4-9(8)15(14-6)5-10(11)12;1-5-7-3-2-6(11(12)13)4-8(7)10-9-5/h2-4,10H,5H2,1H3;2-4,10H,5,13H2,1H3;2-4H,1H3,(H,9,10). The molecule has 3 heterocycles. The van der Waals surface area contributed by atoms with Crippen LogP contribution in [0.1, 0.15) is 17.1 Å². The highest BCUT2D eigenvalue weighted by molar-refractivity contribution is 5.85. The molecule has 3 aromatic heterocycles. The third-order valence-electron chi connectivity index (χ3n) is 6.65. The van der Waals surface area contributed by atoms with Crippen molar-refractivity contribution in [2.75, 3.05) is 5.73 Å². The number of benzene rings is 3. The van der Waals surface area contributed by atoms with E-state index in [1.807, 2.05) is 6.92 Å². The van der Waals surface area contributed by atoms with E-state index in [0.29, 0.717) is 33.3 Å². The number of nitrogen functional groups attached to an aromatic ring is 1. The number of aromatic nitrogens is 6. The summed E-state index contributed by atoms with van der Waals surface area (Å²) in [7, 11) is 0. The van der Waals surface area contributed by atoms with Crippen molar-refractivity contribution in [3.8, 4) is 0 Å². The second-order valence-electron chi connectivity index (χ2n) is 9.86.